The number of hydrogen-bond donors (Lipinski definition) is 1. The molecular formula is C16H16BrClFN. The highest BCUT2D eigenvalue weighted by Gasteiger charge is 2.19. The van der Waals surface area contributed by atoms with Crippen molar-refractivity contribution in [3.05, 3.63) is 67.9 Å². The third kappa shape index (κ3) is 3.05. The van der Waals surface area contributed by atoms with Crippen LogP contribution in [0.4, 0.5) is 4.39 Å². The van der Waals surface area contributed by atoms with Crippen LogP contribution in [0.5, 0.6) is 0 Å². The molecule has 0 spiro atoms. The van der Waals surface area contributed by atoms with Crippen LogP contribution in [0.1, 0.15) is 28.3 Å². The summed E-state index contributed by atoms with van der Waals surface area (Å²) in [6, 6.07) is 8.86. The molecule has 0 saturated heterocycles. The van der Waals surface area contributed by atoms with Gasteiger partial charge >= 0.3 is 0 Å². The Morgan fingerprint density at radius 1 is 1.15 bits per heavy atom. The average Bonchev–Trinajstić information content (AvgIpc) is 2.34. The van der Waals surface area contributed by atoms with Crippen molar-refractivity contribution >= 4 is 27.5 Å². The molecule has 0 radical (unpaired) electrons. The number of benzene rings is 2. The molecule has 1 nitrogen and oxygen atoms in total. The SMILES string of the molecule is CNC(c1ccc(Br)cc1Cl)c1c(C)cc(F)cc1C. The van der Waals surface area contributed by atoms with Crippen LogP contribution in [0, 0.1) is 19.7 Å². The van der Waals surface area contributed by atoms with Crippen LogP contribution in [-0.2, 0) is 0 Å². The summed E-state index contributed by atoms with van der Waals surface area (Å²) >= 11 is 9.75. The van der Waals surface area contributed by atoms with Gasteiger partial charge in [0.15, 0.2) is 0 Å². The van der Waals surface area contributed by atoms with E-state index in [1.54, 1.807) is 12.1 Å². The third-order valence-corrected chi connectivity index (χ3v) is 4.23. The molecule has 0 fully saturated rings. The predicted octanol–water partition coefficient (Wildman–Crippen LogP) is 5.17. The maximum Gasteiger partial charge on any atom is 0.123 e. The summed E-state index contributed by atoms with van der Waals surface area (Å²) in [6.45, 7) is 3.84. The van der Waals surface area contributed by atoms with Gasteiger partial charge in [0, 0.05) is 9.50 Å². The first-order valence-electron chi connectivity index (χ1n) is 6.33. The fraction of sp³-hybridized carbons (Fsp3) is 0.250. The largest absolute Gasteiger partial charge is 0.309 e. The number of halogens is 3. The van der Waals surface area contributed by atoms with E-state index >= 15 is 0 Å². The van der Waals surface area contributed by atoms with Crippen LogP contribution < -0.4 is 5.32 Å². The van der Waals surface area contributed by atoms with Crippen molar-refractivity contribution in [2.75, 3.05) is 7.05 Å². The van der Waals surface area contributed by atoms with E-state index in [1.807, 2.05) is 39.1 Å². The molecule has 20 heavy (non-hydrogen) atoms. The fourth-order valence-corrected chi connectivity index (χ4v) is 3.35. The fourth-order valence-electron chi connectivity index (χ4n) is 2.57. The van der Waals surface area contributed by atoms with Gasteiger partial charge in [0.1, 0.15) is 5.82 Å². The Morgan fingerprint density at radius 2 is 1.75 bits per heavy atom. The van der Waals surface area contributed by atoms with E-state index in [0.29, 0.717) is 5.02 Å². The average molecular weight is 357 g/mol. The van der Waals surface area contributed by atoms with Crippen molar-refractivity contribution in [3.63, 3.8) is 0 Å². The molecule has 0 aliphatic heterocycles. The first kappa shape index (κ1) is 15.5. The lowest BCUT2D eigenvalue weighted by atomic mass is 9.91. The highest BCUT2D eigenvalue weighted by atomic mass is 79.9. The lowest BCUT2D eigenvalue weighted by molar-refractivity contribution is 0.618. The van der Waals surface area contributed by atoms with Crippen LogP contribution in [-0.4, -0.2) is 7.05 Å². The van der Waals surface area contributed by atoms with Gasteiger partial charge in [-0.25, -0.2) is 4.39 Å². The minimum Gasteiger partial charge on any atom is -0.309 e. The summed E-state index contributed by atoms with van der Waals surface area (Å²) in [5.74, 6) is -0.208. The van der Waals surface area contributed by atoms with Crippen molar-refractivity contribution in [2.45, 2.75) is 19.9 Å². The zero-order valence-electron chi connectivity index (χ0n) is 11.6. The van der Waals surface area contributed by atoms with Crippen molar-refractivity contribution in [1.29, 1.82) is 0 Å². The van der Waals surface area contributed by atoms with E-state index in [4.69, 9.17) is 11.6 Å². The highest BCUT2D eigenvalue weighted by molar-refractivity contribution is 9.10. The molecule has 0 bridgehead atoms. The van der Waals surface area contributed by atoms with Gasteiger partial charge in [-0.05, 0) is 67.4 Å². The second-order valence-electron chi connectivity index (χ2n) is 4.84. The van der Waals surface area contributed by atoms with E-state index in [-0.39, 0.29) is 11.9 Å². The Bertz CT molecular complexity index is 619. The van der Waals surface area contributed by atoms with Crippen LogP contribution in [0.2, 0.25) is 5.02 Å². The topological polar surface area (TPSA) is 12.0 Å². The Kier molecular flexibility index (Phi) is 4.84. The van der Waals surface area contributed by atoms with Gasteiger partial charge in [-0.15, -0.1) is 0 Å². The first-order chi connectivity index (χ1) is 9.43. The molecule has 106 valence electrons. The van der Waals surface area contributed by atoms with Crippen molar-refractivity contribution in [3.8, 4) is 0 Å². The van der Waals surface area contributed by atoms with Gasteiger partial charge < -0.3 is 5.32 Å². The summed E-state index contributed by atoms with van der Waals surface area (Å²) in [4.78, 5) is 0. The number of aryl methyl sites for hydroxylation is 2. The van der Waals surface area contributed by atoms with Crippen molar-refractivity contribution in [2.24, 2.45) is 0 Å². The molecule has 0 heterocycles. The van der Waals surface area contributed by atoms with Crippen LogP contribution in [0.3, 0.4) is 0 Å². The molecule has 4 heteroatoms. The Morgan fingerprint density at radius 3 is 2.25 bits per heavy atom. The molecule has 2 rings (SSSR count). The number of nitrogens with one attached hydrogen (secondary N) is 1. The van der Waals surface area contributed by atoms with Gasteiger partial charge in [-0.1, -0.05) is 33.6 Å². The maximum atomic E-state index is 13.5. The predicted molar refractivity (Wildman–Crippen MR) is 85.9 cm³/mol. The van der Waals surface area contributed by atoms with Crippen molar-refractivity contribution in [1.82, 2.24) is 5.32 Å². The molecule has 0 aromatic heterocycles. The lowest BCUT2D eigenvalue weighted by Crippen LogP contribution is -2.20. The second kappa shape index (κ2) is 6.25. The summed E-state index contributed by atoms with van der Waals surface area (Å²) in [7, 11) is 1.88. The summed E-state index contributed by atoms with van der Waals surface area (Å²) in [5, 5.41) is 3.96. The van der Waals surface area contributed by atoms with Crippen LogP contribution >= 0.6 is 27.5 Å². The molecule has 1 N–H and O–H groups in total. The van der Waals surface area contributed by atoms with Crippen LogP contribution in [0.15, 0.2) is 34.8 Å². The minimum atomic E-state index is -0.208. The highest BCUT2D eigenvalue weighted by Crippen LogP contribution is 2.33. The van der Waals surface area contributed by atoms with Crippen LogP contribution in [0.25, 0.3) is 0 Å². The molecule has 2 aromatic rings. The van der Waals surface area contributed by atoms with Gasteiger partial charge in [0.05, 0.1) is 6.04 Å². The standard InChI is InChI=1S/C16H16BrClFN/c1-9-6-12(19)7-10(2)15(9)16(20-3)13-5-4-11(17)8-14(13)18/h4-8,16,20H,1-3H3. The quantitative estimate of drug-likeness (QED) is 0.800. The van der Waals surface area contributed by atoms with E-state index in [9.17, 15) is 4.39 Å². The monoisotopic (exact) mass is 355 g/mol. The van der Waals surface area contributed by atoms with Gasteiger partial charge in [-0.2, -0.15) is 0 Å². The summed E-state index contributed by atoms with van der Waals surface area (Å²) in [6.07, 6.45) is 0. The Balaban J connectivity index is 2.58. The second-order valence-corrected chi connectivity index (χ2v) is 6.16. The Labute approximate surface area is 132 Å². The van der Waals surface area contributed by atoms with E-state index < -0.39 is 0 Å². The molecule has 0 aliphatic rings. The molecule has 0 aliphatic carbocycles. The first-order valence-corrected chi connectivity index (χ1v) is 7.50. The molecule has 0 amide bonds. The number of rotatable bonds is 3. The lowest BCUT2D eigenvalue weighted by Gasteiger charge is -2.23. The summed E-state index contributed by atoms with van der Waals surface area (Å²) < 4.78 is 14.4. The minimum absolute atomic E-state index is 0.0591. The number of hydrogen-bond acceptors (Lipinski definition) is 1. The smallest absolute Gasteiger partial charge is 0.123 e. The van der Waals surface area contributed by atoms with Crippen molar-refractivity contribution < 1.29 is 4.39 Å². The molecule has 0 saturated carbocycles. The normalized spacial score (nSPS) is 12.5. The Hall–Kier alpha value is -0.900. The zero-order chi connectivity index (χ0) is 14.9. The van der Waals surface area contributed by atoms with Gasteiger partial charge in [0.25, 0.3) is 0 Å². The molecule has 1 atom stereocenters. The maximum absolute atomic E-state index is 13.5. The van der Waals surface area contributed by atoms with E-state index in [1.165, 1.54) is 0 Å². The van der Waals surface area contributed by atoms with E-state index in [2.05, 4.69) is 21.2 Å². The molecule has 2 aromatic carbocycles. The van der Waals surface area contributed by atoms with Gasteiger partial charge in [-0.3, -0.25) is 0 Å². The zero-order valence-corrected chi connectivity index (χ0v) is 13.9. The van der Waals surface area contributed by atoms with E-state index in [0.717, 1.165) is 26.7 Å². The third-order valence-electron chi connectivity index (χ3n) is 3.41. The molecule has 1 unspecified atom stereocenters. The summed E-state index contributed by atoms with van der Waals surface area (Å²) in [5.41, 5.74) is 3.88. The van der Waals surface area contributed by atoms with Gasteiger partial charge in [0.2, 0.25) is 0 Å². The molecular weight excluding hydrogens is 341 g/mol.